The predicted octanol–water partition coefficient (Wildman–Crippen LogP) is 3.75. The van der Waals surface area contributed by atoms with Crippen LogP contribution in [-0.2, 0) is 4.79 Å². The first-order valence-electron chi connectivity index (χ1n) is 7.43. The number of carboxylic acid groups (broad SMARTS) is 1. The second-order valence-electron chi connectivity index (χ2n) is 5.23. The summed E-state index contributed by atoms with van der Waals surface area (Å²) in [5, 5.41) is 8.59. The van der Waals surface area contributed by atoms with Crippen molar-refractivity contribution in [2.75, 3.05) is 13.7 Å². The van der Waals surface area contributed by atoms with Gasteiger partial charge in [0.15, 0.2) is 47.2 Å². The maximum atomic E-state index is 13.6. The number of hydrogen-bond acceptors (Lipinski definition) is 4. The van der Waals surface area contributed by atoms with Crippen LogP contribution >= 0.6 is 0 Å². The number of aliphatic carboxylic acids is 1. The lowest BCUT2D eigenvalue weighted by molar-refractivity contribution is -0.139. The molecule has 1 N–H and O–H groups in total. The lowest BCUT2D eigenvalue weighted by Crippen LogP contribution is -2.10. The first-order valence-corrected chi connectivity index (χ1v) is 7.43. The molecule has 0 aliphatic rings. The van der Waals surface area contributed by atoms with E-state index in [0.29, 0.717) is 12.2 Å². The number of methoxy groups -OCH3 is 1. The molecule has 28 heavy (non-hydrogen) atoms. The molecule has 0 aliphatic heterocycles. The maximum Gasteiger partial charge on any atom is 0.341 e. The third-order valence-electron chi connectivity index (χ3n) is 3.44. The average Bonchev–Trinajstić information content (AvgIpc) is 2.68. The van der Waals surface area contributed by atoms with E-state index >= 15 is 0 Å². The second kappa shape index (κ2) is 8.51. The van der Waals surface area contributed by atoms with E-state index in [9.17, 15) is 31.5 Å². The van der Waals surface area contributed by atoms with Gasteiger partial charge < -0.3 is 14.6 Å². The summed E-state index contributed by atoms with van der Waals surface area (Å²) in [6.45, 7) is -0.663. The first kappa shape index (κ1) is 20.9. The van der Waals surface area contributed by atoms with Crippen LogP contribution in [0.15, 0.2) is 24.3 Å². The number of halogens is 5. The first-order chi connectivity index (χ1) is 13.2. The molecule has 0 spiro atoms. The minimum absolute atomic E-state index is 0.00303. The lowest BCUT2D eigenvalue weighted by Gasteiger charge is -2.10. The highest BCUT2D eigenvalue weighted by molar-refractivity contribution is 6.07. The Morgan fingerprint density at radius 3 is 2.07 bits per heavy atom. The Balaban J connectivity index is 2.32. The summed E-state index contributed by atoms with van der Waals surface area (Å²) in [4.78, 5) is 22.7. The van der Waals surface area contributed by atoms with Crippen LogP contribution in [-0.4, -0.2) is 30.6 Å². The Bertz CT molecular complexity index is 942. The average molecular weight is 402 g/mol. The number of benzene rings is 2. The van der Waals surface area contributed by atoms with Gasteiger partial charge in [-0.1, -0.05) is 0 Å². The Hall–Kier alpha value is -3.43. The highest BCUT2D eigenvalue weighted by atomic mass is 19.2. The molecule has 0 saturated carbocycles. The van der Waals surface area contributed by atoms with Gasteiger partial charge in [0.2, 0.25) is 5.82 Å². The summed E-state index contributed by atoms with van der Waals surface area (Å²) in [5.74, 6) is -12.8. The lowest BCUT2D eigenvalue weighted by atomic mass is 10.1. The van der Waals surface area contributed by atoms with Crippen molar-refractivity contribution in [3.8, 4) is 11.5 Å². The number of ether oxygens (including phenoxy) is 2. The van der Waals surface area contributed by atoms with Gasteiger partial charge in [0.1, 0.15) is 0 Å². The van der Waals surface area contributed by atoms with Gasteiger partial charge in [-0.3, -0.25) is 4.79 Å². The van der Waals surface area contributed by atoms with Gasteiger partial charge in [-0.2, -0.15) is 0 Å². The van der Waals surface area contributed by atoms with Crippen molar-refractivity contribution in [3.63, 3.8) is 0 Å². The summed E-state index contributed by atoms with van der Waals surface area (Å²) in [7, 11) is 1.22. The van der Waals surface area contributed by atoms with Crippen molar-refractivity contribution >= 4 is 17.8 Å². The molecule has 0 fully saturated rings. The van der Waals surface area contributed by atoms with Gasteiger partial charge in [-0.15, -0.1) is 0 Å². The zero-order valence-electron chi connectivity index (χ0n) is 14.1. The molecule has 0 heterocycles. The standard InChI is InChI=1S/C18H11F5O5/c1-27-12-6-8(2-5-11(12)28-7-13(25)26)10(24)4-3-9-14(19)16(21)18(23)17(22)15(9)20/h2-6H,7H2,1H3,(H,25,26)/b4-3+. The highest BCUT2D eigenvalue weighted by Crippen LogP contribution is 2.29. The van der Waals surface area contributed by atoms with E-state index in [1.54, 1.807) is 0 Å². The number of ketones is 1. The molecule has 10 heteroatoms. The van der Waals surface area contributed by atoms with Gasteiger partial charge in [0.05, 0.1) is 12.7 Å². The largest absolute Gasteiger partial charge is 0.493 e. The maximum absolute atomic E-state index is 13.6. The van der Waals surface area contributed by atoms with Crippen molar-refractivity contribution in [2.45, 2.75) is 0 Å². The van der Waals surface area contributed by atoms with Crippen molar-refractivity contribution in [2.24, 2.45) is 0 Å². The van der Waals surface area contributed by atoms with E-state index in [4.69, 9.17) is 14.6 Å². The van der Waals surface area contributed by atoms with E-state index in [1.807, 2.05) is 0 Å². The minimum atomic E-state index is -2.31. The van der Waals surface area contributed by atoms with Gasteiger partial charge in [0.25, 0.3) is 0 Å². The van der Waals surface area contributed by atoms with Gasteiger partial charge in [-0.05, 0) is 30.4 Å². The van der Waals surface area contributed by atoms with Crippen LogP contribution in [0.4, 0.5) is 22.0 Å². The molecule has 2 aromatic rings. The van der Waals surface area contributed by atoms with Gasteiger partial charge in [0, 0.05) is 5.56 Å². The molecule has 148 valence electrons. The summed E-state index contributed by atoms with van der Waals surface area (Å²) < 4.78 is 76.5. The molecule has 0 aromatic heterocycles. The normalized spacial score (nSPS) is 10.9. The predicted molar refractivity (Wildman–Crippen MR) is 85.7 cm³/mol. The number of rotatable bonds is 7. The molecule has 0 unspecified atom stereocenters. The van der Waals surface area contributed by atoms with E-state index in [2.05, 4.69) is 0 Å². The Morgan fingerprint density at radius 2 is 1.54 bits per heavy atom. The van der Waals surface area contributed by atoms with Crippen LogP contribution < -0.4 is 9.47 Å². The molecule has 0 radical (unpaired) electrons. The zero-order chi connectivity index (χ0) is 21.0. The summed E-state index contributed by atoms with van der Waals surface area (Å²) in [6.07, 6.45) is 1.07. The molecular weight excluding hydrogens is 391 g/mol. The second-order valence-corrected chi connectivity index (χ2v) is 5.23. The minimum Gasteiger partial charge on any atom is -0.493 e. The molecule has 0 aliphatic carbocycles. The van der Waals surface area contributed by atoms with Crippen LogP contribution in [0.3, 0.4) is 0 Å². The Morgan fingerprint density at radius 1 is 0.964 bits per heavy atom. The van der Waals surface area contributed by atoms with Crippen LogP contribution in [0.1, 0.15) is 15.9 Å². The van der Waals surface area contributed by atoms with Crippen LogP contribution in [0.25, 0.3) is 6.08 Å². The molecule has 2 aromatic carbocycles. The molecular formula is C18H11F5O5. The fourth-order valence-electron chi connectivity index (χ4n) is 2.10. The summed E-state index contributed by atoms with van der Waals surface area (Å²) in [6, 6.07) is 3.58. The molecule has 5 nitrogen and oxygen atoms in total. The third kappa shape index (κ3) is 4.27. The van der Waals surface area contributed by atoms with Crippen molar-refractivity contribution < 1.29 is 46.1 Å². The fraction of sp³-hybridized carbons (Fsp3) is 0.111. The van der Waals surface area contributed by atoms with E-state index in [0.717, 1.165) is 6.07 Å². The monoisotopic (exact) mass is 402 g/mol. The SMILES string of the molecule is COc1cc(C(=O)/C=C/c2c(F)c(F)c(F)c(F)c2F)ccc1OCC(=O)O. The van der Waals surface area contributed by atoms with Crippen molar-refractivity contribution in [1.29, 1.82) is 0 Å². The summed E-state index contributed by atoms with van der Waals surface area (Å²) in [5.41, 5.74) is -1.34. The number of carboxylic acids is 1. The molecule has 0 atom stereocenters. The van der Waals surface area contributed by atoms with E-state index in [1.165, 1.54) is 19.2 Å². The fourth-order valence-corrected chi connectivity index (χ4v) is 2.10. The molecule has 0 bridgehead atoms. The zero-order valence-corrected chi connectivity index (χ0v) is 14.1. The number of hydrogen-bond donors (Lipinski definition) is 1. The van der Waals surface area contributed by atoms with Crippen LogP contribution in [0.5, 0.6) is 11.5 Å². The number of carbonyl (C=O) groups is 2. The number of allylic oxidation sites excluding steroid dienone is 1. The van der Waals surface area contributed by atoms with E-state index < -0.39 is 53.0 Å². The third-order valence-corrected chi connectivity index (χ3v) is 3.44. The molecule has 2 rings (SSSR count). The van der Waals surface area contributed by atoms with Crippen LogP contribution in [0, 0.1) is 29.1 Å². The highest BCUT2D eigenvalue weighted by Gasteiger charge is 2.24. The van der Waals surface area contributed by atoms with Crippen molar-refractivity contribution in [3.05, 3.63) is 64.5 Å². The molecule has 0 amide bonds. The Labute approximate surface area is 154 Å². The van der Waals surface area contributed by atoms with Gasteiger partial charge >= 0.3 is 5.97 Å². The topological polar surface area (TPSA) is 72.8 Å². The van der Waals surface area contributed by atoms with Gasteiger partial charge in [-0.25, -0.2) is 26.7 Å². The smallest absolute Gasteiger partial charge is 0.341 e. The van der Waals surface area contributed by atoms with Crippen molar-refractivity contribution in [1.82, 2.24) is 0 Å². The Kier molecular flexibility index (Phi) is 6.34. The number of carbonyl (C=O) groups excluding carboxylic acids is 1. The van der Waals surface area contributed by atoms with Crippen LogP contribution in [0.2, 0.25) is 0 Å². The summed E-state index contributed by atoms with van der Waals surface area (Å²) >= 11 is 0. The molecule has 0 saturated heterocycles. The van der Waals surface area contributed by atoms with E-state index in [-0.39, 0.29) is 17.1 Å². The quantitative estimate of drug-likeness (QED) is 0.251.